The molecule has 0 atom stereocenters. The lowest BCUT2D eigenvalue weighted by atomic mass is 10.3. The molecule has 1 aromatic heterocycles. The van der Waals surface area contributed by atoms with Gasteiger partial charge in [-0.3, -0.25) is 4.79 Å². The number of amides is 1. The number of rotatable bonds is 1. The fourth-order valence-electron chi connectivity index (χ4n) is 0.523. The molecule has 0 aliphatic carbocycles. The number of carbonyl (C=O) groups excluding carboxylic acids is 1. The van der Waals surface area contributed by atoms with E-state index in [4.69, 9.17) is 5.73 Å². The lowest BCUT2D eigenvalue weighted by Gasteiger charge is -2.00. The lowest BCUT2D eigenvalue weighted by Crippen LogP contribution is -2.09. The fraction of sp³-hybridized carbons (Fsp3) is 0. The molecule has 0 spiro atoms. The maximum Gasteiger partial charge on any atom is 0.250 e. The predicted molar refractivity (Wildman–Crippen MR) is 31.7 cm³/mol. The van der Waals surface area contributed by atoms with Gasteiger partial charge in [-0.2, -0.15) is 0 Å². The van der Waals surface area contributed by atoms with Crippen LogP contribution in [-0.2, 0) is 0 Å². The number of aromatic nitrogens is 1. The molecular formula is C5H5N2O2-. The van der Waals surface area contributed by atoms with Gasteiger partial charge >= 0.3 is 0 Å². The fourth-order valence-corrected chi connectivity index (χ4v) is 0.523. The average molecular weight is 125 g/mol. The minimum absolute atomic E-state index is 0.241. The first-order valence-electron chi connectivity index (χ1n) is 2.35. The van der Waals surface area contributed by atoms with E-state index in [0.29, 0.717) is 4.73 Å². The summed E-state index contributed by atoms with van der Waals surface area (Å²) in [6, 6.07) is 1.37. The zero-order valence-corrected chi connectivity index (χ0v) is 4.57. The first-order valence-corrected chi connectivity index (χ1v) is 2.35. The van der Waals surface area contributed by atoms with Gasteiger partial charge < -0.3 is 15.7 Å². The van der Waals surface area contributed by atoms with E-state index in [0.717, 1.165) is 6.20 Å². The Labute approximate surface area is 51.5 Å². The van der Waals surface area contributed by atoms with Gasteiger partial charge in [0.2, 0.25) is 5.91 Å². The molecule has 1 amide bonds. The summed E-state index contributed by atoms with van der Waals surface area (Å²) < 4.78 is 0.528. The molecule has 1 rings (SSSR count). The molecular weight excluding hydrogens is 120 g/mol. The summed E-state index contributed by atoms with van der Waals surface area (Å²) in [5.74, 6) is -0.579. The first kappa shape index (κ1) is 5.68. The van der Waals surface area contributed by atoms with Crippen LogP contribution < -0.4 is 5.73 Å². The van der Waals surface area contributed by atoms with Crippen LogP contribution in [0.2, 0.25) is 0 Å². The summed E-state index contributed by atoms with van der Waals surface area (Å²) in [5.41, 5.74) is 5.08. The van der Waals surface area contributed by atoms with Crippen LogP contribution in [0.3, 0.4) is 0 Å². The molecule has 0 saturated carbocycles. The molecule has 4 heteroatoms. The summed E-state index contributed by atoms with van der Waals surface area (Å²) in [5, 5.41) is 10.3. The Kier molecular flexibility index (Phi) is 1.14. The van der Waals surface area contributed by atoms with Crippen molar-refractivity contribution in [2.45, 2.75) is 0 Å². The Bertz CT molecular complexity index is 229. The minimum Gasteiger partial charge on any atom is -0.806 e. The van der Waals surface area contributed by atoms with E-state index in [2.05, 4.69) is 0 Å². The standard InChI is InChI=1S/C5H5N2O2/c6-5(8)4-1-2-7(9)3-4/h1-3H,(H2,6,8)/q-1. The number of primary amides is 1. The molecule has 1 heterocycles. The molecule has 4 nitrogen and oxygen atoms in total. The van der Waals surface area contributed by atoms with Crippen LogP contribution in [0.4, 0.5) is 0 Å². The zero-order chi connectivity index (χ0) is 6.85. The Morgan fingerprint density at radius 2 is 2.44 bits per heavy atom. The Hall–Kier alpha value is -1.45. The zero-order valence-electron chi connectivity index (χ0n) is 4.57. The molecule has 0 bridgehead atoms. The van der Waals surface area contributed by atoms with Crippen LogP contribution >= 0.6 is 0 Å². The number of carbonyl (C=O) groups is 1. The Morgan fingerprint density at radius 1 is 1.78 bits per heavy atom. The van der Waals surface area contributed by atoms with Gasteiger partial charge in [-0.15, -0.1) is 0 Å². The summed E-state index contributed by atoms with van der Waals surface area (Å²) in [6.45, 7) is 0. The molecule has 0 aliphatic rings. The van der Waals surface area contributed by atoms with Gasteiger partial charge in [-0.25, -0.2) is 0 Å². The second kappa shape index (κ2) is 1.81. The molecule has 2 N–H and O–H groups in total. The lowest BCUT2D eigenvalue weighted by molar-refractivity contribution is 0.100. The van der Waals surface area contributed by atoms with E-state index in [-0.39, 0.29) is 5.56 Å². The Balaban J connectivity index is 2.98. The van der Waals surface area contributed by atoms with Crippen molar-refractivity contribution in [3.63, 3.8) is 0 Å². The van der Waals surface area contributed by atoms with Gasteiger partial charge in [0, 0.05) is 6.20 Å². The van der Waals surface area contributed by atoms with E-state index in [9.17, 15) is 10.0 Å². The van der Waals surface area contributed by atoms with Gasteiger partial charge in [0.25, 0.3) is 0 Å². The van der Waals surface area contributed by atoms with Crippen LogP contribution in [0.1, 0.15) is 10.4 Å². The van der Waals surface area contributed by atoms with Crippen LogP contribution in [0, 0.1) is 5.21 Å². The van der Waals surface area contributed by atoms with Crippen LogP contribution in [0.15, 0.2) is 18.5 Å². The van der Waals surface area contributed by atoms with Crippen molar-refractivity contribution >= 4 is 5.91 Å². The van der Waals surface area contributed by atoms with Crippen molar-refractivity contribution in [2.24, 2.45) is 5.73 Å². The van der Waals surface area contributed by atoms with Gasteiger partial charge in [0.1, 0.15) is 0 Å². The smallest absolute Gasteiger partial charge is 0.250 e. The van der Waals surface area contributed by atoms with Gasteiger partial charge in [-0.05, 0) is 12.3 Å². The normalized spacial score (nSPS) is 9.33. The summed E-state index contributed by atoms with van der Waals surface area (Å²) >= 11 is 0. The predicted octanol–water partition coefficient (Wildman–Crippen LogP) is -0.0671. The summed E-state index contributed by atoms with van der Waals surface area (Å²) in [4.78, 5) is 10.3. The molecule has 0 aliphatic heterocycles. The molecule has 1 aromatic rings. The molecule has 9 heavy (non-hydrogen) atoms. The number of nitrogens with two attached hydrogens (primary N) is 1. The van der Waals surface area contributed by atoms with E-state index in [1.807, 2.05) is 0 Å². The molecule has 48 valence electrons. The highest BCUT2D eigenvalue weighted by atomic mass is 16.5. The molecule has 0 unspecified atom stereocenters. The quantitative estimate of drug-likeness (QED) is 0.570. The SMILES string of the molecule is NC(=O)c1ccn([O-])c1. The van der Waals surface area contributed by atoms with Crippen molar-refractivity contribution in [1.82, 2.24) is 4.73 Å². The van der Waals surface area contributed by atoms with Crippen molar-refractivity contribution in [3.8, 4) is 0 Å². The molecule has 0 saturated heterocycles. The average Bonchev–Trinajstić information content (AvgIpc) is 2.14. The topological polar surface area (TPSA) is 71.1 Å². The third kappa shape index (κ3) is 1.02. The van der Waals surface area contributed by atoms with Crippen molar-refractivity contribution in [1.29, 1.82) is 0 Å². The monoisotopic (exact) mass is 125 g/mol. The number of hydrogen-bond acceptors (Lipinski definition) is 2. The maximum atomic E-state index is 10.3. The molecule has 0 radical (unpaired) electrons. The number of nitrogens with zero attached hydrogens (tertiary/aromatic N) is 1. The van der Waals surface area contributed by atoms with Crippen LogP contribution in [0.5, 0.6) is 0 Å². The van der Waals surface area contributed by atoms with Gasteiger partial charge in [-0.1, -0.05) is 0 Å². The second-order valence-electron chi connectivity index (χ2n) is 1.62. The minimum atomic E-state index is -0.579. The summed E-state index contributed by atoms with van der Waals surface area (Å²) in [6.07, 6.45) is 2.35. The third-order valence-electron chi connectivity index (χ3n) is 0.952. The van der Waals surface area contributed by atoms with E-state index < -0.39 is 5.91 Å². The second-order valence-corrected chi connectivity index (χ2v) is 1.62. The van der Waals surface area contributed by atoms with Crippen molar-refractivity contribution < 1.29 is 4.79 Å². The first-order chi connectivity index (χ1) is 4.20. The third-order valence-corrected chi connectivity index (χ3v) is 0.952. The van der Waals surface area contributed by atoms with Gasteiger partial charge in [0.15, 0.2) is 0 Å². The highest BCUT2D eigenvalue weighted by Gasteiger charge is 1.96. The Morgan fingerprint density at radius 3 is 2.67 bits per heavy atom. The van der Waals surface area contributed by atoms with E-state index in [1.54, 1.807) is 0 Å². The highest BCUT2D eigenvalue weighted by Crippen LogP contribution is 1.96. The maximum absolute atomic E-state index is 10.3. The van der Waals surface area contributed by atoms with E-state index in [1.165, 1.54) is 12.3 Å². The molecule has 0 aromatic carbocycles. The largest absolute Gasteiger partial charge is 0.806 e. The van der Waals surface area contributed by atoms with Crippen molar-refractivity contribution in [2.75, 3.05) is 0 Å². The highest BCUT2D eigenvalue weighted by molar-refractivity contribution is 5.92. The summed E-state index contributed by atoms with van der Waals surface area (Å²) in [7, 11) is 0. The van der Waals surface area contributed by atoms with Crippen LogP contribution in [0.25, 0.3) is 0 Å². The molecule has 0 fully saturated rings. The van der Waals surface area contributed by atoms with Crippen LogP contribution in [-0.4, -0.2) is 10.6 Å². The van der Waals surface area contributed by atoms with Gasteiger partial charge in [0.05, 0.1) is 5.56 Å². The van der Waals surface area contributed by atoms with E-state index >= 15 is 0 Å². The van der Waals surface area contributed by atoms with Crippen molar-refractivity contribution in [3.05, 3.63) is 29.2 Å². The number of hydrogen-bond donors (Lipinski definition) is 1.